The molecule has 3 rings (SSSR count). The summed E-state index contributed by atoms with van der Waals surface area (Å²) in [4.78, 5) is 12.4. The van der Waals surface area contributed by atoms with E-state index in [-0.39, 0.29) is 5.91 Å². The highest BCUT2D eigenvalue weighted by atomic mass is 35.5. The first-order chi connectivity index (χ1) is 11.5. The summed E-state index contributed by atoms with van der Waals surface area (Å²) in [5.74, 6) is 0.335. The molecule has 1 aromatic heterocycles. The van der Waals surface area contributed by atoms with Gasteiger partial charge >= 0.3 is 0 Å². The van der Waals surface area contributed by atoms with Crippen molar-refractivity contribution in [3.05, 3.63) is 63.4 Å². The second kappa shape index (κ2) is 6.59. The van der Waals surface area contributed by atoms with Gasteiger partial charge in [0.2, 0.25) is 0 Å². The zero-order valence-electron chi connectivity index (χ0n) is 12.9. The molecule has 0 fully saturated rings. The third kappa shape index (κ3) is 3.25. The third-order valence-corrected chi connectivity index (χ3v) is 4.04. The van der Waals surface area contributed by atoms with Crippen molar-refractivity contribution in [3.63, 3.8) is 0 Å². The molecule has 0 radical (unpaired) electrons. The molecule has 24 heavy (non-hydrogen) atoms. The van der Waals surface area contributed by atoms with Gasteiger partial charge in [-0.2, -0.15) is 4.68 Å². The maximum absolute atomic E-state index is 12.4. The topological polar surface area (TPSA) is 72.7 Å². The van der Waals surface area contributed by atoms with E-state index in [1.807, 2.05) is 13.0 Å². The maximum atomic E-state index is 12.4. The van der Waals surface area contributed by atoms with Gasteiger partial charge in [0.1, 0.15) is 0 Å². The predicted octanol–water partition coefficient (Wildman–Crippen LogP) is 3.84. The zero-order valence-corrected chi connectivity index (χ0v) is 14.4. The van der Waals surface area contributed by atoms with Crippen LogP contribution in [0.2, 0.25) is 10.0 Å². The van der Waals surface area contributed by atoms with Crippen molar-refractivity contribution in [1.82, 2.24) is 20.2 Å². The highest BCUT2D eigenvalue weighted by Crippen LogP contribution is 2.24. The Kier molecular flexibility index (Phi) is 4.51. The Morgan fingerprint density at radius 2 is 1.92 bits per heavy atom. The summed E-state index contributed by atoms with van der Waals surface area (Å²) in [6.07, 6.45) is 0. The lowest BCUT2D eigenvalue weighted by atomic mass is 10.1. The van der Waals surface area contributed by atoms with Gasteiger partial charge in [0.25, 0.3) is 5.91 Å². The Morgan fingerprint density at radius 3 is 2.58 bits per heavy atom. The molecule has 0 atom stereocenters. The van der Waals surface area contributed by atoms with Crippen molar-refractivity contribution in [2.24, 2.45) is 0 Å². The van der Waals surface area contributed by atoms with E-state index in [0.717, 1.165) is 11.3 Å². The standard InChI is InChI=1S/C16H13Cl2N5O/c1-9-3-5-12(8-15(9)23-10(2)20-21-22-23)19-16(24)13-6-4-11(17)7-14(13)18/h3-8H,1-2H3,(H,19,24). The first kappa shape index (κ1) is 16.4. The fourth-order valence-electron chi connectivity index (χ4n) is 2.24. The number of anilines is 1. The fraction of sp³-hybridized carbons (Fsp3) is 0.125. The number of aromatic nitrogens is 4. The number of benzene rings is 2. The molecule has 1 amide bonds. The average Bonchev–Trinajstić information content (AvgIpc) is 2.95. The van der Waals surface area contributed by atoms with E-state index in [1.54, 1.807) is 35.9 Å². The van der Waals surface area contributed by atoms with Crippen LogP contribution in [-0.2, 0) is 0 Å². The quantitative estimate of drug-likeness (QED) is 0.768. The van der Waals surface area contributed by atoms with Gasteiger partial charge in [0, 0.05) is 10.7 Å². The molecule has 0 saturated heterocycles. The molecule has 0 aliphatic rings. The molecule has 0 aliphatic heterocycles. The number of halogens is 2. The number of amides is 1. The summed E-state index contributed by atoms with van der Waals surface area (Å²) < 4.78 is 1.61. The Balaban J connectivity index is 1.91. The molecule has 6 nitrogen and oxygen atoms in total. The van der Waals surface area contributed by atoms with Crippen LogP contribution in [0, 0.1) is 13.8 Å². The van der Waals surface area contributed by atoms with Crippen molar-refractivity contribution in [1.29, 1.82) is 0 Å². The Bertz CT molecular complexity index is 923. The molecule has 0 aliphatic carbocycles. The van der Waals surface area contributed by atoms with Gasteiger partial charge in [0.15, 0.2) is 5.82 Å². The Labute approximate surface area is 148 Å². The van der Waals surface area contributed by atoms with Gasteiger partial charge in [-0.15, -0.1) is 5.10 Å². The van der Waals surface area contributed by atoms with Gasteiger partial charge in [-0.25, -0.2) is 0 Å². The molecule has 122 valence electrons. The van der Waals surface area contributed by atoms with E-state index in [0.29, 0.717) is 27.1 Å². The summed E-state index contributed by atoms with van der Waals surface area (Å²) in [6.45, 7) is 3.75. The number of tetrazole rings is 1. The molecule has 0 spiro atoms. The first-order valence-corrected chi connectivity index (χ1v) is 7.83. The van der Waals surface area contributed by atoms with Gasteiger partial charge in [-0.1, -0.05) is 29.3 Å². The van der Waals surface area contributed by atoms with Crippen molar-refractivity contribution in [2.45, 2.75) is 13.8 Å². The number of carbonyl (C=O) groups is 1. The van der Waals surface area contributed by atoms with Crippen LogP contribution in [0.1, 0.15) is 21.7 Å². The minimum Gasteiger partial charge on any atom is -0.322 e. The lowest BCUT2D eigenvalue weighted by Gasteiger charge is -2.11. The lowest BCUT2D eigenvalue weighted by Crippen LogP contribution is -2.13. The van der Waals surface area contributed by atoms with Crippen molar-refractivity contribution >= 4 is 34.8 Å². The van der Waals surface area contributed by atoms with Gasteiger partial charge in [-0.3, -0.25) is 4.79 Å². The monoisotopic (exact) mass is 361 g/mol. The number of nitrogens with zero attached hydrogens (tertiary/aromatic N) is 4. The molecule has 3 aromatic rings. The predicted molar refractivity (Wildman–Crippen MR) is 93.0 cm³/mol. The number of nitrogens with one attached hydrogen (secondary N) is 1. The van der Waals surface area contributed by atoms with E-state index < -0.39 is 0 Å². The lowest BCUT2D eigenvalue weighted by molar-refractivity contribution is 0.102. The largest absolute Gasteiger partial charge is 0.322 e. The van der Waals surface area contributed by atoms with Crippen LogP contribution in [0.15, 0.2) is 36.4 Å². The molecular weight excluding hydrogens is 349 g/mol. The first-order valence-electron chi connectivity index (χ1n) is 7.08. The highest BCUT2D eigenvalue weighted by molar-refractivity contribution is 6.37. The zero-order chi connectivity index (χ0) is 17.3. The average molecular weight is 362 g/mol. The minimum atomic E-state index is -0.320. The van der Waals surface area contributed by atoms with E-state index >= 15 is 0 Å². The van der Waals surface area contributed by atoms with E-state index in [9.17, 15) is 4.79 Å². The summed E-state index contributed by atoms with van der Waals surface area (Å²) in [7, 11) is 0. The van der Waals surface area contributed by atoms with Crippen molar-refractivity contribution < 1.29 is 4.79 Å². The van der Waals surface area contributed by atoms with Crippen LogP contribution in [-0.4, -0.2) is 26.1 Å². The Morgan fingerprint density at radius 1 is 1.12 bits per heavy atom. The number of aryl methyl sites for hydroxylation is 2. The Hall–Kier alpha value is -2.44. The number of rotatable bonds is 3. The summed E-state index contributed by atoms with van der Waals surface area (Å²) in [5, 5.41) is 15.1. The molecule has 2 aromatic carbocycles. The molecule has 0 bridgehead atoms. The van der Waals surface area contributed by atoms with Crippen molar-refractivity contribution in [3.8, 4) is 5.69 Å². The highest BCUT2D eigenvalue weighted by Gasteiger charge is 2.13. The SMILES string of the molecule is Cc1ccc(NC(=O)c2ccc(Cl)cc2Cl)cc1-n1nnnc1C. The van der Waals surface area contributed by atoms with Gasteiger partial charge in [-0.05, 0) is 60.2 Å². The van der Waals surface area contributed by atoms with Crippen LogP contribution >= 0.6 is 23.2 Å². The van der Waals surface area contributed by atoms with Gasteiger partial charge in [0.05, 0.1) is 16.3 Å². The summed E-state index contributed by atoms with van der Waals surface area (Å²) in [5.41, 5.74) is 2.73. The number of carbonyl (C=O) groups excluding carboxylic acids is 1. The third-order valence-electron chi connectivity index (χ3n) is 3.50. The van der Waals surface area contributed by atoms with Crippen LogP contribution in [0.5, 0.6) is 0 Å². The smallest absolute Gasteiger partial charge is 0.257 e. The number of hydrogen-bond donors (Lipinski definition) is 1. The molecule has 0 unspecified atom stereocenters. The van der Waals surface area contributed by atoms with E-state index in [4.69, 9.17) is 23.2 Å². The normalized spacial score (nSPS) is 10.7. The maximum Gasteiger partial charge on any atom is 0.257 e. The molecule has 1 heterocycles. The molecular formula is C16H13Cl2N5O. The second-order valence-electron chi connectivity index (χ2n) is 5.22. The molecule has 8 heteroatoms. The summed E-state index contributed by atoms with van der Waals surface area (Å²) in [6, 6.07) is 10.2. The van der Waals surface area contributed by atoms with Crippen LogP contribution in [0.25, 0.3) is 5.69 Å². The van der Waals surface area contributed by atoms with E-state index in [2.05, 4.69) is 20.8 Å². The van der Waals surface area contributed by atoms with Crippen LogP contribution < -0.4 is 5.32 Å². The van der Waals surface area contributed by atoms with Gasteiger partial charge < -0.3 is 5.32 Å². The minimum absolute atomic E-state index is 0.295. The molecule has 1 N–H and O–H groups in total. The second-order valence-corrected chi connectivity index (χ2v) is 6.06. The summed E-state index contributed by atoms with van der Waals surface area (Å²) >= 11 is 11.9. The van der Waals surface area contributed by atoms with Crippen LogP contribution in [0.4, 0.5) is 5.69 Å². The number of hydrogen-bond acceptors (Lipinski definition) is 4. The van der Waals surface area contributed by atoms with Crippen molar-refractivity contribution in [2.75, 3.05) is 5.32 Å². The fourth-order valence-corrected chi connectivity index (χ4v) is 2.74. The van der Waals surface area contributed by atoms with E-state index in [1.165, 1.54) is 6.07 Å². The van der Waals surface area contributed by atoms with Crippen LogP contribution in [0.3, 0.4) is 0 Å². The molecule has 0 saturated carbocycles.